The van der Waals surface area contributed by atoms with Crippen LogP contribution in [-0.2, 0) is 11.2 Å². The van der Waals surface area contributed by atoms with Crippen LogP contribution in [0, 0.1) is 18.8 Å². The highest BCUT2D eigenvalue weighted by atomic mass is 16.2. The molecule has 0 aromatic heterocycles. The normalized spacial score (nSPS) is 22.9. The molecule has 1 aliphatic carbocycles. The predicted octanol–water partition coefficient (Wildman–Crippen LogP) is 3.58. The zero-order chi connectivity index (χ0) is 13.9. The lowest BCUT2D eigenvalue weighted by molar-refractivity contribution is -0.134. The molecule has 3 rings (SSSR count). The summed E-state index contributed by atoms with van der Waals surface area (Å²) < 4.78 is 0. The molecule has 2 aliphatic rings. The number of likely N-dealkylation sites (tertiary alicyclic amines) is 1. The maximum absolute atomic E-state index is 12.2. The fraction of sp³-hybridized carbons (Fsp3) is 0.611. The predicted molar refractivity (Wildman–Crippen MR) is 81.5 cm³/mol. The number of aryl methyl sites for hydroxylation is 2. The van der Waals surface area contributed by atoms with Crippen LogP contribution in [0.5, 0.6) is 0 Å². The molecular formula is C18H25NO. The molecule has 1 heterocycles. The van der Waals surface area contributed by atoms with Crippen molar-refractivity contribution in [3.8, 4) is 0 Å². The first-order valence-corrected chi connectivity index (χ1v) is 8.07. The van der Waals surface area contributed by atoms with Gasteiger partial charge in [0.05, 0.1) is 0 Å². The van der Waals surface area contributed by atoms with Crippen molar-refractivity contribution in [2.75, 3.05) is 13.1 Å². The zero-order valence-electron chi connectivity index (χ0n) is 12.5. The maximum Gasteiger partial charge on any atom is 0.225 e. The van der Waals surface area contributed by atoms with Crippen molar-refractivity contribution in [3.63, 3.8) is 0 Å². The van der Waals surface area contributed by atoms with E-state index in [1.807, 2.05) is 0 Å². The second-order valence-corrected chi connectivity index (χ2v) is 6.53. The summed E-state index contributed by atoms with van der Waals surface area (Å²) in [7, 11) is 0. The summed E-state index contributed by atoms with van der Waals surface area (Å²) in [6, 6.07) is 8.67. The van der Waals surface area contributed by atoms with Gasteiger partial charge in [0, 0.05) is 19.0 Å². The van der Waals surface area contributed by atoms with E-state index in [1.54, 1.807) is 0 Å². The van der Waals surface area contributed by atoms with Crippen molar-refractivity contribution in [3.05, 3.63) is 35.4 Å². The van der Waals surface area contributed by atoms with E-state index in [0.29, 0.717) is 17.7 Å². The van der Waals surface area contributed by atoms with Gasteiger partial charge in [0.15, 0.2) is 0 Å². The molecule has 1 amide bonds. The van der Waals surface area contributed by atoms with Crippen LogP contribution in [0.2, 0.25) is 0 Å². The van der Waals surface area contributed by atoms with Gasteiger partial charge in [-0.15, -0.1) is 0 Å². The number of hydrogen-bond donors (Lipinski definition) is 0. The number of amides is 1. The van der Waals surface area contributed by atoms with Gasteiger partial charge in [-0.2, -0.15) is 0 Å². The molecule has 2 fully saturated rings. The second-order valence-electron chi connectivity index (χ2n) is 6.53. The number of piperidine rings is 1. The molecule has 0 spiro atoms. The average molecular weight is 271 g/mol. The van der Waals surface area contributed by atoms with Crippen LogP contribution >= 0.6 is 0 Å². The van der Waals surface area contributed by atoms with Gasteiger partial charge in [-0.25, -0.2) is 0 Å². The lowest BCUT2D eigenvalue weighted by Crippen LogP contribution is -2.40. The molecule has 0 N–H and O–H groups in total. The number of rotatable bonds is 4. The van der Waals surface area contributed by atoms with Crippen LogP contribution in [0.25, 0.3) is 0 Å². The van der Waals surface area contributed by atoms with Gasteiger partial charge in [-0.05, 0) is 62.5 Å². The Morgan fingerprint density at radius 2 is 2.05 bits per heavy atom. The Kier molecular flexibility index (Phi) is 4.09. The molecule has 1 aliphatic heterocycles. The first-order chi connectivity index (χ1) is 9.74. The Bertz CT molecular complexity index is 478. The van der Waals surface area contributed by atoms with Gasteiger partial charge in [-0.3, -0.25) is 4.79 Å². The van der Waals surface area contributed by atoms with E-state index in [-0.39, 0.29) is 0 Å². The highest BCUT2D eigenvalue weighted by Gasteiger charge is 2.35. The molecule has 1 saturated carbocycles. The Labute approximate surface area is 122 Å². The fourth-order valence-electron chi connectivity index (χ4n) is 3.34. The van der Waals surface area contributed by atoms with Crippen LogP contribution in [0.1, 0.15) is 43.2 Å². The third-order valence-electron chi connectivity index (χ3n) is 4.84. The molecule has 2 nitrogen and oxygen atoms in total. The molecule has 2 heteroatoms. The summed E-state index contributed by atoms with van der Waals surface area (Å²) >= 11 is 0. The Morgan fingerprint density at radius 1 is 1.25 bits per heavy atom. The molecule has 1 atom stereocenters. The highest BCUT2D eigenvalue weighted by molar-refractivity contribution is 5.81. The molecule has 1 aromatic rings. The van der Waals surface area contributed by atoms with Gasteiger partial charge in [-0.1, -0.05) is 24.3 Å². The summed E-state index contributed by atoms with van der Waals surface area (Å²) in [6.45, 7) is 4.19. The van der Waals surface area contributed by atoms with Crippen molar-refractivity contribution in [1.29, 1.82) is 0 Å². The first-order valence-electron chi connectivity index (χ1n) is 8.07. The minimum atomic E-state index is 0.380. The van der Waals surface area contributed by atoms with Gasteiger partial charge < -0.3 is 4.90 Å². The number of carbonyl (C=O) groups excluding carboxylic acids is 1. The Hall–Kier alpha value is -1.31. The number of benzene rings is 1. The molecular weight excluding hydrogens is 246 g/mol. The molecule has 20 heavy (non-hydrogen) atoms. The van der Waals surface area contributed by atoms with E-state index in [0.717, 1.165) is 32.4 Å². The summed E-state index contributed by atoms with van der Waals surface area (Å²) in [4.78, 5) is 14.3. The molecule has 1 aromatic carbocycles. The zero-order valence-corrected chi connectivity index (χ0v) is 12.5. The van der Waals surface area contributed by atoms with Crippen LogP contribution in [0.15, 0.2) is 24.3 Å². The van der Waals surface area contributed by atoms with E-state index < -0.39 is 0 Å². The van der Waals surface area contributed by atoms with Gasteiger partial charge >= 0.3 is 0 Å². The molecule has 1 saturated heterocycles. The standard InChI is InChI=1S/C18H25NO/c1-14-5-2-3-7-16(14)9-8-15-6-4-12-19(13-15)18(20)17-10-11-17/h2-3,5,7,15,17H,4,6,8-13H2,1H3/t15-/m0/s1. The average Bonchev–Trinajstić information content (AvgIpc) is 3.31. The van der Waals surface area contributed by atoms with E-state index in [4.69, 9.17) is 0 Å². The lowest BCUT2D eigenvalue weighted by atomic mass is 9.90. The van der Waals surface area contributed by atoms with Crippen LogP contribution < -0.4 is 0 Å². The van der Waals surface area contributed by atoms with Gasteiger partial charge in [0.2, 0.25) is 5.91 Å². The third kappa shape index (κ3) is 3.23. The Morgan fingerprint density at radius 3 is 2.80 bits per heavy atom. The minimum absolute atomic E-state index is 0.380. The van der Waals surface area contributed by atoms with E-state index >= 15 is 0 Å². The number of nitrogens with zero attached hydrogens (tertiary/aromatic N) is 1. The third-order valence-corrected chi connectivity index (χ3v) is 4.84. The smallest absolute Gasteiger partial charge is 0.225 e. The quantitative estimate of drug-likeness (QED) is 0.819. The minimum Gasteiger partial charge on any atom is -0.342 e. The largest absolute Gasteiger partial charge is 0.342 e. The lowest BCUT2D eigenvalue weighted by Gasteiger charge is -2.33. The van der Waals surface area contributed by atoms with Gasteiger partial charge in [0.25, 0.3) is 0 Å². The van der Waals surface area contributed by atoms with Crippen molar-refractivity contribution in [2.24, 2.45) is 11.8 Å². The van der Waals surface area contributed by atoms with Crippen LogP contribution in [-0.4, -0.2) is 23.9 Å². The van der Waals surface area contributed by atoms with Crippen molar-refractivity contribution >= 4 is 5.91 Å². The SMILES string of the molecule is Cc1ccccc1CC[C@@H]1CCCN(C(=O)C2CC2)C1. The van der Waals surface area contributed by atoms with E-state index in [9.17, 15) is 4.79 Å². The second kappa shape index (κ2) is 5.99. The molecule has 108 valence electrons. The topological polar surface area (TPSA) is 20.3 Å². The Balaban J connectivity index is 1.52. The van der Waals surface area contributed by atoms with Crippen molar-refractivity contribution in [1.82, 2.24) is 4.90 Å². The molecule has 0 radical (unpaired) electrons. The van der Waals surface area contributed by atoms with Crippen LogP contribution in [0.3, 0.4) is 0 Å². The summed E-state index contributed by atoms with van der Waals surface area (Å²) in [5.41, 5.74) is 2.87. The van der Waals surface area contributed by atoms with E-state index in [1.165, 1.54) is 30.4 Å². The van der Waals surface area contributed by atoms with Crippen LogP contribution in [0.4, 0.5) is 0 Å². The van der Waals surface area contributed by atoms with E-state index in [2.05, 4.69) is 36.1 Å². The molecule has 0 unspecified atom stereocenters. The summed E-state index contributed by atoms with van der Waals surface area (Å²) in [6.07, 6.45) is 7.12. The summed E-state index contributed by atoms with van der Waals surface area (Å²) in [5, 5.41) is 0. The first kappa shape index (κ1) is 13.7. The maximum atomic E-state index is 12.2. The van der Waals surface area contributed by atoms with Crippen molar-refractivity contribution in [2.45, 2.75) is 45.4 Å². The van der Waals surface area contributed by atoms with Gasteiger partial charge in [0.1, 0.15) is 0 Å². The highest BCUT2D eigenvalue weighted by Crippen LogP contribution is 2.33. The monoisotopic (exact) mass is 271 g/mol. The summed E-state index contributed by atoms with van der Waals surface area (Å²) in [5.74, 6) is 1.52. The fourth-order valence-corrected chi connectivity index (χ4v) is 3.34. The number of carbonyl (C=O) groups is 1. The number of hydrogen-bond acceptors (Lipinski definition) is 1. The molecule has 0 bridgehead atoms. The van der Waals surface area contributed by atoms with Crippen molar-refractivity contribution < 1.29 is 4.79 Å².